The fourth-order valence-electron chi connectivity index (χ4n) is 1.49. The minimum absolute atomic E-state index is 0.0295. The van der Waals surface area contributed by atoms with Crippen molar-refractivity contribution in [3.05, 3.63) is 53.6 Å². The smallest absolute Gasteiger partial charge is 0.194 e. The van der Waals surface area contributed by atoms with Crippen molar-refractivity contribution in [2.45, 2.75) is 0 Å². The zero-order valence-corrected chi connectivity index (χ0v) is 10.3. The Balaban J connectivity index is 2.39. The zero-order chi connectivity index (χ0) is 14.0. The zero-order valence-electron chi connectivity index (χ0n) is 9.45. The molecule has 2 aromatic rings. The van der Waals surface area contributed by atoms with E-state index in [1.807, 2.05) is 0 Å². The number of nitrogens with one attached hydrogen (secondary N) is 1. The molecule has 0 unspecified atom stereocenters. The maximum atomic E-state index is 13.1. The highest BCUT2D eigenvalue weighted by Crippen LogP contribution is 2.22. The molecule has 0 bridgehead atoms. The lowest BCUT2D eigenvalue weighted by Gasteiger charge is -2.10. The summed E-state index contributed by atoms with van der Waals surface area (Å²) in [6.45, 7) is 0. The SMILES string of the molecule is NC(=S)c1ncccc1Nc1cc(F)c(F)c(F)c1. The number of hydrogen-bond donors (Lipinski definition) is 2. The third-order valence-corrected chi connectivity index (χ3v) is 2.50. The van der Waals surface area contributed by atoms with Crippen LogP contribution in [0.15, 0.2) is 30.5 Å². The van der Waals surface area contributed by atoms with Gasteiger partial charge in [-0.3, -0.25) is 4.98 Å². The van der Waals surface area contributed by atoms with Gasteiger partial charge in [-0.05, 0) is 12.1 Å². The number of thiocarbonyl (C=S) groups is 1. The Morgan fingerprint density at radius 3 is 2.42 bits per heavy atom. The topological polar surface area (TPSA) is 50.9 Å². The van der Waals surface area contributed by atoms with Gasteiger partial charge < -0.3 is 11.1 Å². The van der Waals surface area contributed by atoms with E-state index in [0.717, 1.165) is 12.1 Å². The Bertz CT molecular complexity index is 623. The highest BCUT2D eigenvalue weighted by atomic mass is 32.1. The number of nitrogens with zero attached hydrogens (tertiary/aromatic N) is 1. The highest BCUT2D eigenvalue weighted by Gasteiger charge is 2.12. The van der Waals surface area contributed by atoms with Crippen LogP contribution in [-0.2, 0) is 0 Å². The first-order chi connectivity index (χ1) is 8.99. The van der Waals surface area contributed by atoms with E-state index < -0.39 is 17.5 Å². The summed E-state index contributed by atoms with van der Waals surface area (Å²) in [5.41, 5.74) is 6.16. The largest absolute Gasteiger partial charge is 0.388 e. The third-order valence-electron chi connectivity index (χ3n) is 2.30. The molecule has 1 aromatic carbocycles. The van der Waals surface area contributed by atoms with Crippen molar-refractivity contribution >= 4 is 28.6 Å². The van der Waals surface area contributed by atoms with Crippen molar-refractivity contribution in [1.29, 1.82) is 0 Å². The first kappa shape index (κ1) is 13.3. The maximum absolute atomic E-state index is 13.1. The Morgan fingerprint density at radius 2 is 1.84 bits per heavy atom. The van der Waals surface area contributed by atoms with Crippen LogP contribution in [0.5, 0.6) is 0 Å². The van der Waals surface area contributed by atoms with Gasteiger partial charge in [0.05, 0.1) is 5.69 Å². The average Bonchev–Trinajstić information content (AvgIpc) is 2.36. The molecule has 98 valence electrons. The Morgan fingerprint density at radius 1 is 1.21 bits per heavy atom. The molecule has 0 aliphatic heterocycles. The first-order valence-corrected chi connectivity index (χ1v) is 5.56. The van der Waals surface area contributed by atoms with E-state index in [-0.39, 0.29) is 16.4 Å². The third kappa shape index (κ3) is 2.82. The molecule has 0 radical (unpaired) electrons. The quantitative estimate of drug-likeness (QED) is 0.672. The minimum atomic E-state index is -1.52. The lowest BCUT2D eigenvalue weighted by Crippen LogP contribution is -2.14. The maximum Gasteiger partial charge on any atom is 0.194 e. The summed E-state index contributed by atoms with van der Waals surface area (Å²) in [5.74, 6) is -4.10. The van der Waals surface area contributed by atoms with E-state index >= 15 is 0 Å². The van der Waals surface area contributed by atoms with E-state index in [1.54, 1.807) is 12.1 Å². The monoisotopic (exact) mass is 283 g/mol. The predicted molar refractivity (Wildman–Crippen MR) is 69.7 cm³/mol. The fourth-order valence-corrected chi connectivity index (χ4v) is 1.65. The van der Waals surface area contributed by atoms with E-state index in [9.17, 15) is 13.2 Å². The van der Waals surface area contributed by atoms with E-state index in [1.165, 1.54) is 6.20 Å². The molecule has 1 aromatic heterocycles. The summed E-state index contributed by atoms with van der Waals surface area (Å²) in [7, 11) is 0. The van der Waals surface area contributed by atoms with Crippen molar-refractivity contribution in [1.82, 2.24) is 4.98 Å². The predicted octanol–water partition coefficient (Wildman–Crippen LogP) is 2.88. The summed E-state index contributed by atoms with van der Waals surface area (Å²) < 4.78 is 39.0. The standard InChI is InChI=1S/C12H8F3N3S/c13-7-4-6(5-8(14)10(7)15)18-9-2-1-3-17-11(9)12(16)19/h1-5,18H,(H2,16,19). The van der Waals surface area contributed by atoms with Gasteiger partial charge in [0, 0.05) is 24.0 Å². The van der Waals surface area contributed by atoms with E-state index in [2.05, 4.69) is 10.3 Å². The Hall–Kier alpha value is -2.15. The van der Waals surface area contributed by atoms with E-state index in [0.29, 0.717) is 5.69 Å². The van der Waals surface area contributed by atoms with Gasteiger partial charge in [-0.1, -0.05) is 12.2 Å². The number of hydrogen-bond acceptors (Lipinski definition) is 3. The second-order valence-electron chi connectivity index (χ2n) is 3.64. The molecule has 0 aliphatic carbocycles. The molecule has 0 atom stereocenters. The fraction of sp³-hybridized carbons (Fsp3) is 0. The molecule has 3 nitrogen and oxygen atoms in total. The number of halogens is 3. The number of nitrogens with two attached hydrogens (primary N) is 1. The van der Waals surface area contributed by atoms with Crippen LogP contribution in [0.4, 0.5) is 24.5 Å². The number of aromatic nitrogens is 1. The summed E-state index contributed by atoms with van der Waals surface area (Å²) in [5, 5.41) is 2.69. The van der Waals surface area contributed by atoms with Crippen LogP contribution in [-0.4, -0.2) is 9.97 Å². The average molecular weight is 283 g/mol. The van der Waals surface area contributed by atoms with Crippen molar-refractivity contribution in [2.24, 2.45) is 5.73 Å². The van der Waals surface area contributed by atoms with Crippen LogP contribution >= 0.6 is 12.2 Å². The molecule has 2 rings (SSSR count). The number of benzene rings is 1. The van der Waals surface area contributed by atoms with Gasteiger partial charge in [-0.2, -0.15) is 0 Å². The van der Waals surface area contributed by atoms with Crippen LogP contribution in [0.25, 0.3) is 0 Å². The molecule has 1 heterocycles. The van der Waals surface area contributed by atoms with Gasteiger partial charge in [0.1, 0.15) is 10.7 Å². The van der Waals surface area contributed by atoms with Gasteiger partial charge in [0.25, 0.3) is 0 Å². The Labute approximate surface area is 112 Å². The van der Waals surface area contributed by atoms with Gasteiger partial charge in [-0.25, -0.2) is 13.2 Å². The first-order valence-electron chi connectivity index (χ1n) is 5.15. The molecule has 0 saturated carbocycles. The summed E-state index contributed by atoms with van der Waals surface area (Å²) in [4.78, 5) is 3.98. The molecule has 0 fully saturated rings. The summed E-state index contributed by atoms with van der Waals surface area (Å²) in [6.07, 6.45) is 1.48. The number of anilines is 2. The molecule has 3 N–H and O–H groups in total. The van der Waals surface area contributed by atoms with Gasteiger partial charge in [-0.15, -0.1) is 0 Å². The van der Waals surface area contributed by atoms with Crippen molar-refractivity contribution in [2.75, 3.05) is 5.32 Å². The van der Waals surface area contributed by atoms with Crippen LogP contribution in [0, 0.1) is 17.5 Å². The van der Waals surface area contributed by atoms with Crippen LogP contribution in [0.1, 0.15) is 5.69 Å². The molecule has 19 heavy (non-hydrogen) atoms. The lowest BCUT2D eigenvalue weighted by molar-refractivity contribution is 0.448. The molecular formula is C12H8F3N3S. The van der Waals surface area contributed by atoms with Gasteiger partial charge in [0.2, 0.25) is 0 Å². The van der Waals surface area contributed by atoms with Crippen molar-refractivity contribution < 1.29 is 13.2 Å². The highest BCUT2D eigenvalue weighted by molar-refractivity contribution is 7.80. The summed E-state index contributed by atoms with van der Waals surface area (Å²) in [6, 6.07) is 4.84. The Kier molecular flexibility index (Phi) is 3.66. The minimum Gasteiger partial charge on any atom is -0.388 e. The molecule has 0 saturated heterocycles. The molecular weight excluding hydrogens is 275 g/mol. The number of rotatable bonds is 3. The molecule has 0 aliphatic rings. The second-order valence-corrected chi connectivity index (χ2v) is 4.08. The molecule has 0 amide bonds. The van der Waals surface area contributed by atoms with Crippen LogP contribution in [0.2, 0.25) is 0 Å². The van der Waals surface area contributed by atoms with Crippen LogP contribution in [0.3, 0.4) is 0 Å². The van der Waals surface area contributed by atoms with Gasteiger partial charge >= 0.3 is 0 Å². The normalized spacial score (nSPS) is 10.3. The van der Waals surface area contributed by atoms with E-state index in [4.69, 9.17) is 18.0 Å². The van der Waals surface area contributed by atoms with Crippen molar-refractivity contribution in [3.8, 4) is 0 Å². The van der Waals surface area contributed by atoms with Gasteiger partial charge in [0.15, 0.2) is 17.5 Å². The summed E-state index contributed by atoms with van der Waals surface area (Å²) >= 11 is 4.81. The lowest BCUT2D eigenvalue weighted by atomic mass is 10.2. The second kappa shape index (κ2) is 5.23. The van der Waals surface area contributed by atoms with Crippen molar-refractivity contribution in [3.63, 3.8) is 0 Å². The van der Waals surface area contributed by atoms with Crippen LogP contribution < -0.4 is 11.1 Å². The number of pyridine rings is 1. The molecule has 7 heteroatoms. The molecule has 0 spiro atoms.